The van der Waals surface area contributed by atoms with Crippen molar-refractivity contribution in [1.29, 1.82) is 0 Å². The quantitative estimate of drug-likeness (QED) is 0.515. The average Bonchev–Trinajstić information content (AvgIpc) is 3.00. The van der Waals surface area contributed by atoms with Crippen LogP contribution in [0.5, 0.6) is 0 Å². The molecule has 0 aliphatic rings. The van der Waals surface area contributed by atoms with E-state index in [1.807, 2.05) is 53.2 Å². The monoisotopic (exact) mass is 245 g/mol. The van der Waals surface area contributed by atoms with E-state index < -0.39 is 0 Å². The number of nitrogens with zero attached hydrogens (tertiary/aromatic N) is 3. The molecule has 0 spiro atoms. The second-order valence-corrected chi connectivity index (χ2v) is 4.49. The lowest BCUT2D eigenvalue weighted by Gasteiger charge is -1.88. The summed E-state index contributed by atoms with van der Waals surface area (Å²) >= 11 is 0. The van der Waals surface area contributed by atoms with E-state index in [9.17, 15) is 0 Å². The van der Waals surface area contributed by atoms with Crippen molar-refractivity contribution in [3.8, 4) is 0 Å². The highest BCUT2D eigenvalue weighted by molar-refractivity contribution is 5.80. The van der Waals surface area contributed by atoms with E-state index in [2.05, 4.69) is 28.3 Å². The fourth-order valence-electron chi connectivity index (χ4n) is 2.33. The third-order valence-electron chi connectivity index (χ3n) is 3.23. The van der Waals surface area contributed by atoms with Crippen molar-refractivity contribution in [3.63, 3.8) is 0 Å². The van der Waals surface area contributed by atoms with Gasteiger partial charge in [-0.1, -0.05) is 42.5 Å². The number of imidazole rings is 1. The Morgan fingerprint density at radius 2 is 1.68 bits per heavy atom. The lowest BCUT2D eigenvalue weighted by molar-refractivity contribution is 1.01. The number of benzene rings is 2. The Bertz CT molecular complexity index is 907. The Kier molecular flexibility index (Phi) is 2.12. The predicted molar refractivity (Wildman–Crippen MR) is 75.7 cm³/mol. The average molecular weight is 245 g/mol. The van der Waals surface area contributed by atoms with Crippen molar-refractivity contribution in [3.05, 3.63) is 71.6 Å². The molecular weight excluding hydrogens is 234 g/mol. The molecule has 0 aliphatic carbocycles. The van der Waals surface area contributed by atoms with Crippen LogP contribution in [0.25, 0.3) is 22.8 Å². The summed E-state index contributed by atoms with van der Waals surface area (Å²) < 4.78 is 1.89. The highest BCUT2D eigenvalue weighted by atomic mass is 15.3. The smallest absolute Gasteiger partial charge is 0.163 e. The Hall–Kier alpha value is -2.68. The first-order valence-electron chi connectivity index (χ1n) is 6.21. The van der Waals surface area contributed by atoms with Crippen LogP contribution < -0.4 is 5.22 Å². The highest BCUT2D eigenvalue weighted by Crippen LogP contribution is 2.12. The molecule has 0 aliphatic heterocycles. The third-order valence-corrected chi connectivity index (χ3v) is 3.23. The van der Waals surface area contributed by atoms with E-state index in [1.165, 1.54) is 0 Å². The minimum Gasteiger partial charge on any atom is -0.226 e. The molecule has 2 aromatic carbocycles. The Morgan fingerprint density at radius 3 is 2.58 bits per heavy atom. The fourth-order valence-corrected chi connectivity index (χ4v) is 2.33. The van der Waals surface area contributed by atoms with Gasteiger partial charge in [-0.3, -0.25) is 0 Å². The van der Waals surface area contributed by atoms with Gasteiger partial charge in [-0.15, -0.1) is 0 Å². The summed E-state index contributed by atoms with van der Waals surface area (Å²) in [5, 5.41) is 5.47. The molecule has 0 amide bonds. The van der Waals surface area contributed by atoms with Crippen LogP contribution in [0, 0.1) is 0 Å². The van der Waals surface area contributed by atoms with Crippen molar-refractivity contribution < 1.29 is 0 Å². The molecule has 0 saturated carbocycles. The molecule has 90 valence electrons. The van der Waals surface area contributed by atoms with Crippen molar-refractivity contribution in [1.82, 2.24) is 14.6 Å². The van der Waals surface area contributed by atoms with Gasteiger partial charge in [-0.25, -0.2) is 9.50 Å². The summed E-state index contributed by atoms with van der Waals surface area (Å²) in [4.78, 5) is 4.64. The van der Waals surface area contributed by atoms with Crippen molar-refractivity contribution in [2.45, 2.75) is 0 Å². The van der Waals surface area contributed by atoms with E-state index in [4.69, 9.17) is 0 Å². The van der Waals surface area contributed by atoms with Gasteiger partial charge in [-0.2, -0.15) is 5.10 Å². The van der Waals surface area contributed by atoms with E-state index in [1.54, 1.807) is 0 Å². The zero-order valence-corrected chi connectivity index (χ0v) is 10.2. The molecule has 3 nitrogen and oxygen atoms in total. The molecule has 0 unspecified atom stereocenters. The van der Waals surface area contributed by atoms with Gasteiger partial charge < -0.3 is 0 Å². The maximum absolute atomic E-state index is 4.64. The van der Waals surface area contributed by atoms with Gasteiger partial charge in [-0.05, 0) is 23.8 Å². The second-order valence-electron chi connectivity index (χ2n) is 4.49. The van der Waals surface area contributed by atoms with Gasteiger partial charge >= 0.3 is 0 Å². The van der Waals surface area contributed by atoms with E-state index >= 15 is 0 Å². The summed E-state index contributed by atoms with van der Waals surface area (Å²) in [5.41, 5.74) is 4.09. The Balaban J connectivity index is 2.03. The number of fused-ring (bicyclic) bond motifs is 3. The molecule has 0 atom stereocenters. The molecular formula is C16H11N3. The molecule has 0 saturated heterocycles. The minimum absolute atomic E-state index is 0.907. The number of aromatic nitrogens is 3. The first-order valence-corrected chi connectivity index (χ1v) is 6.21. The lowest BCUT2D eigenvalue weighted by atomic mass is 10.2. The van der Waals surface area contributed by atoms with Crippen LogP contribution in [0.2, 0.25) is 0 Å². The third kappa shape index (κ3) is 1.59. The fraction of sp³-hybridized carbons (Fsp3) is 0. The summed E-state index contributed by atoms with van der Waals surface area (Å²) in [6.45, 7) is 0. The van der Waals surface area contributed by atoms with Crippen LogP contribution in [0.15, 0.2) is 60.8 Å². The number of hydrogen-bond acceptors (Lipinski definition) is 2. The number of rotatable bonds is 1. The van der Waals surface area contributed by atoms with E-state index in [0.29, 0.717) is 0 Å². The largest absolute Gasteiger partial charge is 0.226 e. The summed E-state index contributed by atoms with van der Waals surface area (Å²) in [7, 11) is 0. The molecule has 2 aromatic heterocycles. The van der Waals surface area contributed by atoms with Crippen molar-refractivity contribution in [2.24, 2.45) is 0 Å². The van der Waals surface area contributed by atoms with Crippen LogP contribution in [-0.2, 0) is 0 Å². The van der Waals surface area contributed by atoms with Gasteiger partial charge in [0.25, 0.3) is 0 Å². The number of hydrogen-bond donors (Lipinski definition) is 0. The van der Waals surface area contributed by atoms with Crippen LogP contribution in [0.1, 0.15) is 5.56 Å². The maximum Gasteiger partial charge on any atom is 0.163 e. The summed E-state index contributed by atoms with van der Waals surface area (Å²) in [6, 6.07) is 18.3. The predicted octanol–water partition coefficient (Wildman–Crippen LogP) is 2.43. The zero-order chi connectivity index (χ0) is 12.7. The molecule has 0 radical (unpaired) electrons. The molecule has 0 N–H and O–H groups in total. The number of para-hydroxylation sites is 2. The highest BCUT2D eigenvalue weighted by Gasteiger charge is 2.06. The van der Waals surface area contributed by atoms with Crippen molar-refractivity contribution in [2.75, 3.05) is 0 Å². The standard InChI is InChI=1S/C16H11N3/c1-2-6-12(7-3-1)10-13-11-17-19-15-9-5-4-8-14(15)18-16(13)19/h1-11H. The molecule has 2 heterocycles. The van der Waals surface area contributed by atoms with Crippen molar-refractivity contribution >= 4 is 22.8 Å². The van der Waals surface area contributed by atoms with Crippen LogP contribution >= 0.6 is 0 Å². The Morgan fingerprint density at radius 1 is 0.895 bits per heavy atom. The van der Waals surface area contributed by atoms with Gasteiger partial charge in [0.15, 0.2) is 5.65 Å². The summed E-state index contributed by atoms with van der Waals surface area (Å²) in [5.74, 6) is 0. The molecule has 19 heavy (non-hydrogen) atoms. The zero-order valence-electron chi connectivity index (χ0n) is 10.2. The minimum atomic E-state index is 0.907. The normalized spacial score (nSPS) is 12.5. The van der Waals surface area contributed by atoms with Gasteiger partial charge in [0, 0.05) is 5.22 Å². The van der Waals surface area contributed by atoms with Crippen LogP contribution in [0.4, 0.5) is 0 Å². The van der Waals surface area contributed by atoms with E-state index in [0.717, 1.165) is 27.5 Å². The molecule has 4 aromatic rings. The first-order chi connectivity index (χ1) is 9.42. The molecule has 0 fully saturated rings. The van der Waals surface area contributed by atoms with Gasteiger partial charge in [0.2, 0.25) is 0 Å². The van der Waals surface area contributed by atoms with Gasteiger partial charge in [0.05, 0.1) is 17.2 Å². The van der Waals surface area contributed by atoms with Crippen LogP contribution in [0.3, 0.4) is 0 Å². The topological polar surface area (TPSA) is 30.2 Å². The SMILES string of the molecule is C(c1ccccc1)=c1cnn2c1nc1ccccc12. The first kappa shape index (κ1) is 10.3. The molecule has 4 rings (SSSR count). The van der Waals surface area contributed by atoms with Crippen LogP contribution in [-0.4, -0.2) is 14.6 Å². The second kappa shape index (κ2) is 3.92. The summed E-state index contributed by atoms with van der Waals surface area (Å²) in [6.07, 6.45) is 3.97. The molecule has 0 bridgehead atoms. The Labute approximate surface area is 109 Å². The maximum atomic E-state index is 4.64. The molecule has 3 heteroatoms. The van der Waals surface area contributed by atoms with Gasteiger partial charge in [0.1, 0.15) is 0 Å². The van der Waals surface area contributed by atoms with E-state index in [-0.39, 0.29) is 0 Å². The lowest BCUT2D eigenvalue weighted by Crippen LogP contribution is -1.97.